The fraction of sp³-hybridized carbons (Fsp3) is 0.741. The first kappa shape index (κ1) is 23.2. The van der Waals surface area contributed by atoms with Gasteiger partial charge in [-0.2, -0.15) is 4.98 Å². The molecule has 8 heteroatoms. The van der Waals surface area contributed by atoms with Crippen LogP contribution in [0, 0.1) is 5.92 Å². The summed E-state index contributed by atoms with van der Waals surface area (Å²) in [6, 6.07) is 3.11. The minimum Gasteiger partial charge on any atom is -0.351 e. The van der Waals surface area contributed by atoms with E-state index in [1.165, 1.54) is 77.7 Å². The molecule has 2 aromatic rings. The molecule has 0 spiro atoms. The van der Waals surface area contributed by atoms with Gasteiger partial charge in [-0.15, -0.1) is 0 Å². The third kappa shape index (κ3) is 5.48. The van der Waals surface area contributed by atoms with Crippen LogP contribution in [-0.2, 0) is 6.54 Å². The Hall–Kier alpha value is -2.19. The van der Waals surface area contributed by atoms with E-state index in [4.69, 9.17) is 4.98 Å². The second-order valence-corrected chi connectivity index (χ2v) is 11.3. The molecule has 0 unspecified atom stereocenters. The number of aromatic nitrogens is 3. The molecule has 2 aliphatic heterocycles. The summed E-state index contributed by atoms with van der Waals surface area (Å²) >= 11 is 0. The van der Waals surface area contributed by atoms with Crippen molar-refractivity contribution in [2.24, 2.45) is 5.92 Å². The van der Waals surface area contributed by atoms with E-state index in [9.17, 15) is 4.79 Å². The van der Waals surface area contributed by atoms with Crippen LogP contribution in [0.5, 0.6) is 0 Å². The smallest absolute Gasteiger partial charge is 0.267 e. The Kier molecular flexibility index (Phi) is 6.92. The lowest BCUT2D eigenvalue weighted by Gasteiger charge is -2.42. The molecule has 35 heavy (non-hydrogen) atoms. The first-order valence-electron chi connectivity index (χ1n) is 14.1. The van der Waals surface area contributed by atoms with Gasteiger partial charge in [0.2, 0.25) is 5.95 Å². The zero-order valence-corrected chi connectivity index (χ0v) is 21.1. The number of carbonyl (C=O) groups is 1. The Labute approximate surface area is 208 Å². The Balaban J connectivity index is 1.06. The van der Waals surface area contributed by atoms with E-state index in [-0.39, 0.29) is 5.91 Å². The predicted octanol–water partition coefficient (Wildman–Crippen LogP) is 3.49. The molecule has 2 saturated carbocycles. The van der Waals surface area contributed by atoms with Crippen molar-refractivity contribution in [1.82, 2.24) is 29.7 Å². The molecule has 0 bridgehead atoms. The first-order valence-corrected chi connectivity index (χ1v) is 14.1. The van der Waals surface area contributed by atoms with E-state index in [0.29, 0.717) is 17.7 Å². The highest BCUT2D eigenvalue weighted by molar-refractivity contribution is 5.98. The molecule has 3 fully saturated rings. The topological polar surface area (TPSA) is 78.3 Å². The third-order valence-electron chi connectivity index (χ3n) is 8.63. The summed E-state index contributed by atoms with van der Waals surface area (Å²) in [5.41, 5.74) is 1.59. The van der Waals surface area contributed by atoms with Crippen molar-refractivity contribution in [2.45, 2.75) is 82.8 Å². The Morgan fingerprint density at radius 3 is 2.54 bits per heavy atom. The number of nitrogens with zero attached hydrogens (tertiary/aromatic N) is 5. The third-order valence-corrected chi connectivity index (χ3v) is 8.63. The van der Waals surface area contributed by atoms with Gasteiger partial charge in [-0.05, 0) is 63.4 Å². The van der Waals surface area contributed by atoms with Crippen LogP contribution in [0.15, 0.2) is 12.3 Å². The van der Waals surface area contributed by atoms with Gasteiger partial charge in [0.05, 0.1) is 0 Å². The zero-order valence-electron chi connectivity index (χ0n) is 21.1. The van der Waals surface area contributed by atoms with E-state index >= 15 is 0 Å². The molecule has 0 atom stereocenters. The summed E-state index contributed by atoms with van der Waals surface area (Å²) < 4.78 is 2.10. The second-order valence-electron chi connectivity index (χ2n) is 11.3. The summed E-state index contributed by atoms with van der Waals surface area (Å²) in [7, 11) is 0. The minimum atomic E-state index is 0.00565. The van der Waals surface area contributed by atoms with Crippen LogP contribution in [-0.4, -0.2) is 81.6 Å². The van der Waals surface area contributed by atoms with Gasteiger partial charge < -0.3 is 20.1 Å². The van der Waals surface area contributed by atoms with Crippen molar-refractivity contribution < 1.29 is 4.79 Å². The molecule has 2 N–H and O–H groups in total. The lowest BCUT2D eigenvalue weighted by atomic mass is 9.90. The van der Waals surface area contributed by atoms with Crippen molar-refractivity contribution in [3.8, 4) is 0 Å². The van der Waals surface area contributed by atoms with Crippen LogP contribution < -0.4 is 10.6 Å². The molecule has 4 heterocycles. The first-order chi connectivity index (χ1) is 17.2. The second kappa shape index (κ2) is 10.4. The quantitative estimate of drug-likeness (QED) is 0.684. The summed E-state index contributed by atoms with van der Waals surface area (Å²) in [4.78, 5) is 27.7. The van der Waals surface area contributed by atoms with Gasteiger partial charge in [0.25, 0.3) is 5.91 Å². The van der Waals surface area contributed by atoms with Gasteiger partial charge in [-0.3, -0.25) is 9.69 Å². The maximum atomic E-state index is 12.7. The number of hydrogen-bond donors (Lipinski definition) is 2. The fourth-order valence-electron chi connectivity index (χ4n) is 6.31. The standard InChI is InChI=1S/C27H41N7O/c35-26-24-17-21-18-29-27(31-25(21)34(24)12-4-2-1-3-11-28-26)30-22-7-9-23(10-8-22)33-15-13-32(14-16-33)19-20-5-6-20/h17-18,20,22-23H,1-16,19H2,(H,28,35)(H,29,30,31). The van der Waals surface area contributed by atoms with E-state index in [2.05, 4.69) is 30.0 Å². The molecule has 190 valence electrons. The zero-order chi connectivity index (χ0) is 23.6. The molecule has 2 aromatic heterocycles. The maximum absolute atomic E-state index is 12.7. The number of hydrogen-bond acceptors (Lipinski definition) is 6. The van der Waals surface area contributed by atoms with Gasteiger partial charge in [-0.1, -0.05) is 12.8 Å². The lowest BCUT2D eigenvalue weighted by molar-refractivity contribution is 0.0752. The van der Waals surface area contributed by atoms with Gasteiger partial charge in [0.1, 0.15) is 11.3 Å². The molecule has 8 nitrogen and oxygen atoms in total. The van der Waals surface area contributed by atoms with Gasteiger partial charge in [0.15, 0.2) is 0 Å². The van der Waals surface area contributed by atoms with Crippen LogP contribution >= 0.6 is 0 Å². The monoisotopic (exact) mass is 479 g/mol. The van der Waals surface area contributed by atoms with Crippen LogP contribution in [0.3, 0.4) is 0 Å². The lowest BCUT2D eigenvalue weighted by Crippen LogP contribution is -2.52. The van der Waals surface area contributed by atoms with E-state index in [1.807, 2.05) is 12.3 Å². The normalized spacial score (nSPS) is 27.4. The highest BCUT2D eigenvalue weighted by Gasteiger charge is 2.31. The number of rotatable bonds is 5. The van der Waals surface area contributed by atoms with Crippen molar-refractivity contribution in [3.63, 3.8) is 0 Å². The van der Waals surface area contributed by atoms with E-state index < -0.39 is 0 Å². The Morgan fingerprint density at radius 1 is 0.943 bits per heavy atom. The average molecular weight is 480 g/mol. The maximum Gasteiger partial charge on any atom is 0.267 e. The molecule has 0 aromatic carbocycles. The van der Waals surface area contributed by atoms with E-state index in [0.717, 1.165) is 55.3 Å². The summed E-state index contributed by atoms with van der Waals surface area (Å²) in [5.74, 6) is 1.71. The minimum absolute atomic E-state index is 0.00565. The van der Waals surface area contributed by atoms with Crippen molar-refractivity contribution in [1.29, 1.82) is 0 Å². The highest BCUT2D eigenvalue weighted by Crippen LogP contribution is 2.31. The number of fused-ring (bicyclic) bond motifs is 3. The molecule has 4 aliphatic rings. The Bertz CT molecular complexity index is 1020. The summed E-state index contributed by atoms with van der Waals surface area (Å²) in [6.45, 7) is 7.90. The SMILES string of the molecule is O=C1NCCCCCCn2c1cc1cnc(NC3CCC(N4CCN(CC5CC5)CC4)CC3)nc12. The molecular formula is C27H41N7O. The van der Waals surface area contributed by atoms with Crippen LogP contribution in [0.2, 0.25) is 0 Å². The van der Waals surface area contributed by atoms with Crippen molar-refractivity contribution in [2.75, 3.05) is 44.6 Å². The number of anilines is 1. The number of aryl methyl sites for hydroxylation is 1. The number of carbonyl (C=O) groups excluding carboxylic acids is 1. The van der Waals surface area contributed by atoms with E-state index in [1.54, 1.807) is 0 Å². The number of nitrogens with one attached hydrogen (secondary N) is 2. The van der Waals surface area contributed by atoms with Gasteiger partial charge >= 0.3 is 0 Å². The molecule has 2 aliphatic carbocycles. The average Bonchev–Trinajstić information content (AvgIpc) is 3.63. The number of amides is 1. The summed E-state index contributed by atoms with van der Waals surface area (Å²) in [5, 5.41) is 7.64. The van der Waals surface area contributed by atoms with Crippen LogP contribution in [0.1, 0.15) is 74.7 Å². The van der Waals surface area contributed by atoms with Crippen LogP contribution in [0.4, 0.5) is 5.95 Å². The molecular weight excluding hydrogens is 438 g/mol. The van der Waals surface area contributed by atoms with Gasteiger partial charge in [-0.25, -0.2) is 4.98 Å². The van der Waals surface area contributed by atoms with Crippen LogP contribution in [0.25, 0.3) is 11.0 Å². The van der Waals surface area contributed by atoms with Crippen molar-refractivity contribution >= 4 is 22.9 Å². The fourth-order valence-corrected chi connectivity index (χ4v) is 6.31. The summed E-state index contributed by atoms with van der Waals surface area (Å²) in [6.07, 6.45) is 14.1. The molecule has 6 rings (SSSR count). The Morgan fingerprint density at radius 2 is 1.74 bits per heavy atom. The van der Waals surface area contributed by atoms with Crippen molar-refractivity contribution in [3.05, 3.63) is 18.0 Å². The molecule has 1 saturated heterocycles. The molecule has 1 amide bonds. The highest BCUT2D eigenvalue weighted by atomic mass is 16.1. The largest absolute Gasteiger partial charge is 0.351 e. The number of piperazine rings is 1. The molecule has 0 radical (unpaired) electrons. The predicted molar refractivity (Wildman–Crippen MR) is 139 cm³/mol. The van der Waals surface area contributed by atoms with Gasteiger partial charge in [0, 0.05) is 69.5 Å².